The highest BCUT2D eigenvalue weighted by Gasteiger charge is 2.27. The Kier molecular flexibility index (Phi) is 5.77. The Balaban J connectivity index is 1.56. The van der Waals surface area contributed by atoms with E-state index in [4.69, 9.17) is 4.74 Å². The summed E-state index contributed by atoms with van der Waals surface area (Å²) in [6, 6.07) is 9.89. The maximum Gasteiger partial charge on any atom is 0.168 e. The minimum Gasteiger partial charge on any atom is -0.511 e. The van der Waals surface area contributed by atoms with Crippen molar-refractivity contribution in [2.24, 2.45) is 4.99 Å². The number of ketones is 1. The molecular weight excluding hydrogens is 304 g/mol. The van der Waals surface area contributed by atoms with Gasteiger partial charge in [0.15, 0.2) is 5.78 Å². The number of aliphatic hydroxyl groups excluding tert-OH is 1. The van der Waals surface area contributed by atoms with Crippen molar-refractivity contribution in [3.63, 3.8) is 0 Å². The quantitative estimate of drug-likeness (QED) is 0.843. The van der Waals surface area contributed by atoms with Crippen molar-refractivity contribution in [1.29, 1.82) is 0 Å². The Morgan fingerprint density at radius 2 is 1.96 bits per heavy atom. The second-order valence-electron chi connectivity index (χ2n) is 6.29. The maximum absolute atomic E-state index is 12.3. The van der Waals surface area contributed by atoms with E-state index >= 15 is 0 Å². The minimum atomic E-state index is -0.0253. The third-order valence-electron chi connectivity index (χ3n) is 4.62. The van der Waals surface area contributed by atoms with Gasteiger partial charge in [0.25, 0.3) is 0 Å². The van der Waals surface area contributed by atoms with E-state index in [0.717, 1.165) is 38.4 Å². The lowest BCUT2D eigenvalue weighted by Crippen LogP contribution is -2.37. The zero-order valence-electron chi connectivity index (χ0n) is 13.9. The number of benzene rings is 1. The Hall–Kier alpha value is -1.98. The molecule has 2 aliphatic rings. The monoisotopic (exact) mass is 328 g/mol. The molecule has 1 aromatic carbocycles. The summed E-state index contributed by atoms with van der Waals surface area (Å²) in [6.07, 6.45) is 2.48. The van der Waals surface area contributed by atoms with E-state index in [9.17, 15) is 9.90 Å². The number of aliphatic imine (C=N–C) groups is 1. The number of morpholine rings is 1. The molecule has 3 rings (SSSR count). The fourth-order valence-corrected chi connectivity index (χ4v) is 3.20. The third-order valence-corrected chi connectivity index (χ3v) is 4.62. The van der Waals surface area contributed by atoms with Crippen molar-refractivity contribution < 1.29 is 14.6 Å². The van der Waals surface area contributed by atoms with Gasteiger partial charge >= 0.3 is 0 Å². The van der Waals surface area contributed by atoms with Gasteiger partial charge in [-0.3, -0.25) is 14.7 Å². The van der Waals surface area contributed by atoms with Crippen LogP contribution in [0.2, 0.25) is 0 Å². The highest BCUT2D eigenvalue weighted by molar-refractivity contribution is 6.14. The molecule has 5 heteroatoms. The van der Waals surface area contributed by atoms with E-state index in [1.54, 1.807) is 6.21 Å². The van der Waals surface area contributed by atoms with E-state index in [-0.39, 0.29) is 17.5 Å². The molecule has 1 aromatic rings. The van der Waals surface area contributed by atoms with Gasteiger partial charge in [-0.15, -0.1) is 0 Å². The average molecular weight is 328 g/mol. The van der Waals surface area contributed by atoms with E-state index in [1.807, 2.05) is 30.3 Å². The van der Waals surface area contributed by atoms with Gasteiger partial charge in [0, 0.05) is 38.7 Å². The molecule has 5 nitrogen and oxygen atoms in total. The second-order valence-corrected chi connectivity index (χ2v) is 6.29. The molecule has 24 heavy (non-hydrogen) atoms. The van der Waals surface area contributed by atoms with Crippen molar-refractivity contribution >= 4 is 12.0 Å². The molecule has 1 unspecified atom stereocenters. The van der Waals surface area contributed by atoms with Gasteiger partial charge in [-0.1, -0.05) is 30.3 Å². The predicted octanol–water partition coefficient (Wildman–Crippen LogP) is 2.35. The fourth-order valence-electron chi connectivity index (χ4n) is 3.20. The number of rotatable bonds is 5. The zero-order chi connectivity index (χ0) is 16.8. The molecule has 0 aromatic heterocycles. The van der Waals surface area contributed by atoms with E-state index in [1.165, 1.54) is 0 Å². The summed E-state index contributed by atoms with van der Waals surface area (Å²) >= 11 is 0. The SMILES string of the molecule is O=C1CC(c2ccccc2)CC(O)=C1C=NCCN1CCOCC1. The summed E-state index contributed by atoms with van der Waals surface area (Å²) in [5, 5.41) is 10.3. The highest BCUT2D eigenvalue weighted by atomic mass is 16.5. The molecule has 1 heterocycles. The van der Waals surface area contributed by atoms with Crippen LogP contribution < -0.4 is 0 Å². The molecule has 1 saturated heterocycles. The molecule has 128 valence electrons. The summed E-state index contributed by atoms with van der Waals surface area (Å²) in [4.78, 5) is 19.0. The smallest absolute Gasteiger partial charge is 0.168 e. The first kappa shape index (κ1) is 16.9. The first-order valence-electron chi connectivity index (χ1n) is 8.54. The van der Waals surface area contributed by atoms with Gasteiger partial charge in [0.1, 0.15) is 5.76 Å². The van der Waals surface area contributed by atoms with Crippen molar-refractivity contribution in [1.82, 2.24) is 4.90 Å². The lowest BCUT2D eigenvalue weighted by atomic mass is 9.83. The van der Waals surface area contributed by atoms with Gasteiger partial charge in [-0.2, -0.15) is 0 Å². The molecular formula is C19H24N2O3. The van der Waals surface area contributed by atoms with E-state index < -0.39 is 0 Å². The Morgan fingerprint density at radius 3 is 2.67 bits per heavy atom. The minimum absolute atomic E-state index is 0.0253. The Labute approximate surface area is 142 Å². The molecule has 0 spiro atoms. The van der Waals surface area contributed by atoms with Gasteiger partial charge in [0.2, 0.25) is 0 Å². The first-order valence-corrected chi connectivity index (χ1v) is 8.54. The number of hydrogen-bond acceptors (Lipinski definition) is 5. The van der Waals surface area contributed by atoms with Crippen LogP contribution in [0.25, 0.3) is 0 Å². The number of allylic oxidation sites excluding steroid dienone is 2. The number of hydrogen-bond donors (Lipinski definition) is 1. The standard InChI is InChI=1S/C19H24N2O3/c22-18-12-16(15-4-2-1-3-5-15)13-19(23)17(18)14-20-6-7-21-8-10-24-11-9-21/h1-5,14,16,22H,6-13H2. The van der Waals surface area contributed by atoms with Crippen LogP contribution in [0.3, 0.4) is 0 Å². The molecule has 1 aliphatic carbocycles. The van der Waals surface area contributed by atoms with Crippen molar-refractivity contribution in [3.8, 4) is 0 Å². The molecule has 0 bridgehead atoms. The van der Waals surface area contributed by atoms with Crippen molar-refractivity contribution in [2.75, 3.05) is 39.4 Å². The lowest BCUT2D eigenvalue weighted by Gasteiger charge is -2.25. The second kappa shape index (κ2) is 8.22. The number of carbonyl (C=O) groups excluding carboxylic acids is 1. The summed E-state index contributed by atoms with van der Waals surface area (Å²) in [5.74, 6) is 0.196. The summed E-state index contributed by atoms with van der Waals surface area (Å²) in [6.45, 7) is 4.90. The first-order chi connectivity index (χ1) is 11.7. The van der Waals surface area contributed by atoms with E-state index in [0.29, 0.717) is 25.0 Å². The summed E-state index contributed by atoms with van der Waals surface area (Å²) < 4.78 is 5.31. The van der Waals surface area contributed by atoms with Crippen LogP contribution >= 0.6 is 0 Å². The molecule has 1 fully saturated rings. The van der Waals surface area contributed by atoms with Crippen molar-refractivity contribution in [2.45, 2.75) is 18.8 Å². The normalized spacial score (nSPS) is 23.2. The molecule has 1 atom stereocenters. The van der Waals surface area contributed by atoms with Gasteiger partial charge in [0.05, 0.1) is 25.3 Å². The molecule has 0 saturated carbocycles. The summed E-state index contributed by atoms with van der Waals surface area (Å²) in [7, 11) is 0. The average Bonchev–Trinajstić information content (AvgIpc) is 2.62. The Morgan fingerprint density at radius 1 is 1.21 bits per heavy atom. The molecule has 1 aliphatic heterocycles. The van der Waals surface area contributed by atoms with Gasteiger partial charge < -0.3 is 9.84 Å². The summed E-state index contributed by atoms with van der Waals surface area (Å²) in [5.41, 5.74) is 1.48. The Bertz CT molecular complexity index is 619. The number of ether oxygens (including phenoxy) is 1. The van der Waals surface area contributed by atoms with Crippen LogP contribution in [-0.2, 0) is 9.53 Å². The van der Waals surface area contributed by atoms with Crippen LogP contribution in [0, 0.1) is 0 Å². The van der Waals surface area contributed by atoms with Gasteiger partial charge in [-0.05, 0) is 11.5 Å². The fraction of sp³-hybridized carbons (Fsp3) is 0.474. The number of aliphatic hydroxyl groups is 1. The topological polar surface area (TPSA) is 62.1 Å². The lowest BCUT2D eigenvalue weighted by molar-refractivity contribution is -0.116. The van der Waals surface area contributed by atoms with Crippen LogP contribution in [0.1, 0.15) is 24.3 Å². The third kappa shape index (κ3) is 4.30. The molecule has 0 amide bonds. The number of Topliss-reactive ketones (excluding diaryl/α,β-unsaturated/α-hetero) is 1. The number of carbonyl (C=O) groups is 1. The number of nitrogens with zero attached hydrogens (tertiary/aromatic N) is 2. The zero-order valence-corrected chi connectivity index (χ0v) is 13.9. The van der Waals surface area contributed by atoms with Crippen molar-refractivity contribution in [3.05, 3.63) is 47.2 Å². The van der Waals surface area contributed by atoms with E-state index in [2.05, 4.69) is 9.89 Å². The van der Waals surface area contributed by atoms with Gasteiger partial charge in [-0.25, -0.2) is 0 Å². The maximum atomic E-state index is 12.3. The van der Waals surface area contributed by atoms with Crippen LogP contribution in [0.4, 0.5) is 0 Å². The predicted molar refractivity (Wildman–Crippen MR) is 93.7 cm³/mol. The van der Waals surface area contributed by atoms with Crippen LogP contribution in [0.15, 0.2) is 46.7 Å². The highest BCUT2D eigenvalue weighted by Crippen LogP contribution is 2.32. The largest absolute Gasteiger partial charge is 0.511 e. The molecule has 1 N–H and O–H groups in total. The molecule has 0 radical (unpaired) electrons. The van der Waals surface area contributed by atoms with Crippen LogP contribution in [-0.4, -0.2) is 61.4 Å². The van der Waals surface area contributed by atoms with Crippen LogP contribution in [0.5, 0.6) is 0 Å².